The maximum absolute atomic E-state index is 12.6. The number of nitro groups is 3. The summed E-state index contributed by atoms with van der Waals surface area (Å²) < 4.78 is 12.6. The number of benzene rings is 1. The van der Waals surface area contributed by atoms with Crippen molar-refractivity contribution in [3.05, 3.63) is 72.3 Å². The van der Waals surface area contributed by atoms with Gasteiger partial charge in [-0.3, -0.25) is 45.5 Å². The predicted molar refractivity (Wildman–Crippen MR) is 83.9 cm³/mol. The van der Waals surface area contributed by atoms with Crippen LogP contribution in [0.4, 0.5) is 21.5 Å². The highest BCUT2D eigenvalue weighted by molar-refractivity contribution is 5.93. The summed E-state index contributed by atoms with van der Waals surface area (Å²) >= 11 is 0. The number of non-ortho nitro benzene ring substituents is 1. The van der Waals surface area contributed by atoms with Crippen molar-refractivity contribution in [2.75, 3.05) is 0 Å². The van der Waals surface area contributed by atoms with Crippen LogP contribution in [-0.4, -0.2) is 30.8 Å². The largest absolute Gasteiger partial charge is 0.497 e. The van der Waals surface area contributed by atoms with Crippen LogP contribution >= 0.6 is 0 Å². The van der Waals surface area contributed by atoms with Crippen LogP contribution in [0.1, 0.15) is 10.4 Å². The summed E-state index contributed by atoms with van der Waals surface area (Å²) in [6.07, 6.45) is 2.26. The van der Waals surface area contributed by atoms with Gasteiger partial charge in [0.15, 0.2) is 5.82 Å². The van der Waals surface area contributed by atoms with Gasteiger partial charge in [0.2, 0.25) is 0 Å². The number of hydrogen-bond donors (Lipinski definition) is 3. The van der Waals surface area contributed by atoms with Gasteiger partial charge in [0, 0.05) is 6.20 Å². The summed E-state index contributed by atoms with van der Waals surface area (Å²) in [4.78, 5) is 42.0. The molecular weight excluding hydrogens is 375 g/mol. The molecule has 1 aromatic heterocycles. The maximum Gasteiger partial charge on any atom is 0.324 e. The van der Waals surface area contributed by atoms with Crippen LogP contribution in [0, 0.1) is 36.2 Å². The van der Waals surface area contributed by atoms with E-state index in [0.717, 1.165) is 6.20 Å². The molecule has 0 radical (unpaired) electrons. The van der Waals surface area contributed by atoms with Gasteiger partial charge in [-0.05, 0) is 6.07 Å². The highest BCUT2D eigenvalue weighted by Gasteiger charge is 2.30. The van der Waals surface area contributed by atoms with E-state index in [1.165, 1.54) is 12.3 Å². The molecule has 0 saturated heterocycles. The Bertz CT molecular complexity index is 886. The van der Waals surface area contributed by atoms with Crippen LogP contribution < -0.4 is 11.3 Å². The lowest BCUT2D eigenvalue weighted by atomic mass is 10.2. The summed E-state index contributed by atoms with van der Waals surface area (Å²) in [5.74, 6) is 2.23. The van der Waals surface area contributed by atoms with Gasteiger partial charge >= 0.3 is 11.4 Å². The highest BCUT2D eigenvalue weighted by Crippen LogP contribution is 2.38. The molecule has 0 spiro atoms. The maximum atomic E-state index is 12.6. The van der Waals surface area contributed by atoms with Crippen LogP contribution in [0.15, 0.2) is 30.6 Å². The average Bonchev–Trinajstić information content (AvgIpc) is 2.61. The molecule has 2 rings (SSSR count). The zero-order valence-electron chi connectivity index (χ0n) is 12.9. The molecule has 0 aliphatic heterocycles. The smallest absolute Gasteiger partial charge is 0.324 e. The molecule has 0 unspecified atom stereocenters. The number of nitrogens with zero attached hydrogens (tertiary/aromatic N) is 4. The van der Waals surface area contributed by atoms with Crippen LogP contribution in [0.2, 0.25) is 0 Å². The lowest BCUT2D eigenvalue weighted by Gasteiger charge is -1.98. The second kappa shape index (κ2) is 8.72. The molecule has 0 aliphatic carbocycles. The van der Waals surface area contributed by atoms with E-state index in [-0.39, 0.29) is 5.56 Å². The normalized spacial score (nSPS) is 9.56. The van der Waals surface area contributed by atoms with E-state index >= 15 is 0 Å². The zero-order chi connectivity index (χ0) is 20.7. The minimum absolute atomic E-state index is 0.109. The van der Waals surface area contributed by atoms with E-state index in [1.807, 2.05) is 5.43 Å². The molecule has 0 saturated carbocycles. The Morgan fingerprint density at radius 3 is 2.00 bits per heavy atom. The number of halogens is 1. The van der Waals surface area contributed by atoms with Crippen molar-refractivity contribution in [3.63, 3.8) is 0 Å². The van der Waals surface area contributed by atoms with Gasteiger partial charge in [-0.25, -0.2) is 10.2 Å². The molecule has 0 aliphatic rings. The number of nitro benzene ring substituents is 3. The Morgan fingerprint density at radius 2 is 1.63 bits per heavy atom. The summed E-state index contributed by atoms with van der Waals surface area (Å²) in [6, 6.07) is 2.14. The van der Waals surface area contributed by atoms with Crippen molar-refractivity contribution in [1.29, 1.82) is 0 Å². The van der Waals surface area contributed by atoms with Crippen molar-refractivity contribution in [1.82, 2.24) is 10.4 Å². The number of phenolic OH excluding ortho intramolecular Hbond substituents is 1. The molecule has 15 heteroatoms. The number of phenols is 1. The molecule has 142 valence electrons. The lowest BCUT2D eigenvalue weighted by molar-refractivity contribution is -0.404. The number of pyridine rings is 1. The Labute approximate surface area is 147 Å². The molecule has 2 aromatic rings. The summed E-state index contributed by atoms with van der Waals surface area (Å²) in [7, 11) is 0. The van der Waals surface area contributed by atoms with Crippen molar-refractivity contribution in [2.45, 2.75) is 0 Å². The van der Waals surface area contributed by atoms with Gasteiger partial charge in [0.1, 0.15) is 0 Å². The Morgan fingerprint density at radius 1 is 1.11 bits per heavy atom. The zero-order valence-corrected chi connectivity index (χ0v) is 12.9. The summed E-state index contributed by atoms with van der Waals surface area (Å²) in [5.41, 5.74) is -1.30. The highest BCUT2D eigenvalue weighted by atomic mass is 19.1. The summed E-state index contributed by atoms with van der Waals surface area (Å²) in [6.45, 7) is 0. The van der Waals surface area contributed by atoms with E-state index in [2.05, 4.69) is 4.98 Å². The number of nitrogens with two attached hydrogens (primary N) is 1. The van der Waals surface area contributed by atoms with Crippen molar-refractivity contribution in [2.24, 2.45) is 5.84 Å². The number of nitrogen functional groups attached to an aromatic ring is 1. The fourth-order valence-electron chi connectivity index (χ4n) is 1.61. The average molecular weight is 384 g/mol. The molecule has 1 amide bonds. The SMILES string of the molecule is NNC(=O)c1ccncc1F.O=[N+]([O-])c1cc([N+](=O)[O-])c(O)c([N+](=O)[O-])c1. The first-order valence-electron chi connectivity index (χ1n) is 6.50. The van der Waals surface area contributed by atoms with Gasteiger partial charge in [0.25, 0.3) is 17.3 Å². The van der Waals surface area contributed by atoms with Gasteiger partial charge in [-0.15, -0.1) is 0 Å². The van der Waals surface area contributed by atoms with Gasteiger partial charge in [-0.2, -0.15) is 0 Å². The first-order valence-corrected chi connectivity index (χ1v) is 6.50. The number of hydrazine groups is 1. The first kappa shape index (κ1) is 20.8. The third kappa shape index (κ3) is 5.10. The van der Waals surface area contributed by atoms with Crippen LogP contribution in [-0.2, 0) is 0 Å². The first-order chi connectivity index (χ1) is 12.6. The van der Waals surface area contributed by atoms with E-state index in [9.17, 15) is 39.5 Å². The molecule has 4 N–H and O–H groups in total. The molecule has 1 heterocycles. The Balaban J connectivity index is 0.000000289. The summed E-state index contributed by atoms with van der Waals surface area (Å²) in [5, 5.41) is 40.2. The third-order valence-electron chi connectivity index (χ3n) is 2.81. The standard InChI is InChI=1S/C6H6FN3O.C6H3N3O7/c7-5-3-9-2-1-4(5)6(11)10-8;10-6-4(8(13)14)1-3(7(11)12)2-5(6)9(15)16/h1-3H,8H2,(H,10,11);1-2,10H. The number of amides is 1. The van der Waals surface area contributed by atoms with Crippen molar-refractivity contribution < 1.29 is 29.1 Å². The Kier molecular flexibility index (Phi) is 6.71. The van der Waals surface area contributed by atoms with Gasteiger partial charge in [0.05, 0.1) is 38.7 Å². The fraction of sp³-hybridized carbons (Fsp3) is 0. The molecular formula is C12H9FN6O8. The number of carbonyl (C=O) groups excluding carboxylic acids is 1. The minimum Gasteiger partial charge on any atom is -0.497 e. The molecule has 0 fully saturated rings. The van der Waals surface area contributed by atoms with E-state index in [0.29, 0.717) is 12.1 Å². The lowest BCUT2D eigenvalue weighted by Crippen LogP contribution is -2.30. The number of rotatable bonds is 4. The second-order valence-corrected chi connectivity index (χ2v) is 4.43. The van der Waals surface area contributed by atoms with Crippen LogP contribution in [0.3, 0.4) is 0 Å². The topological polar surface area (TPSA) is 218 Å². The Hall–Kier alpha value is -4.27. The van der Waals surface area contributed by atoms with Crippen molar-refractivity contribution in [3.8, 4) is 5.75 Å². The molecule has 0 bridgehead atoms. The number of aromatic hydroxyl groups is 1. The predicted octanol–water partition coefficient (Wildman–Crippen LogP) is 0.941. The second-order valence-electron chi connectivity index (χ2n) is 4.43. The molecule has 14 nitrogen and oxygen atoms in total. The van der Waals surface area contributed by atoms with E-state index < -0.39 is 49.3 Å². The number of carbonyl (C=O) groups is 1. The monoisotopic (exact) mass is 384 g/mol. The van der Waals surface area contributed by atoms with E-state index in [4.69, 9.17) is 10.9 Å². The van der Waals surface area contributed by atoms with Crippen molar-refractivity contribution >= 4 is 23.0 Å². The molecule has 27 heavy (non-hydrogen) atoms. The quantitative estimate of drug-likeness (QED) is 0.293. The third-order valence-corrected chi connectivity index (χ3v) is 2.81. The molecule has 0 atom stereocenters. The molecule has 1 aromatic carbocycles. The van der Waals surface area contributed by atoms with E-state index in [1.54, 1.807) is 0 Å². The minimum atomic E-state index is -1.21. The number of nitrogens with one attached hydrogen (secondary N) is 1. The van der Waals surface area contributed by atoms with Gasteiger partial charge in [-0.1, -0.05) is 0 Å². The van der Waals surface area contributed by atoms with Crippen LogP contribution in [0.25, 0.3) is 0 Å². The number of hydrogen-bond acceptors (Lipinski definition) is 10. The fourth-order valence-corrected chi connectivity index (χ4v) is 1.61. The van der Waals surface area contributed by atoms with Gasteiger partial charge < -0.3 is 5.11 Å². The van der Waals surface area contributed by atoms with Crippen LogP contribution in [0.5, 0.6) is 5.75 Å². The number of aromatic nitrogens is 1.